The second kappa shape index (κ2) is 15.2. The van der Waals surface area contributed by atoms with Crippen molar-refractivity contribution in [1.29, 1.82) is 0 Å². The van der Waals surface area contributed by atoms with Gasteiger partial charge in [0, 0.05) is 34.2 Å². The molecule has 4 nitrogen and oxygen atoms in total. The first-order valence-electron chi connectivity index (χ1n) is 24.3. The predicted molar refractivity (Wildman–Crippen MR) is 288 cm³/mol. The molecule has 0 spiro atoms. The maximum atomic E-state index is 7.16. The second-order valence-electron chi connectivity index (χ2n) is 24.4. The van der Waals surface area contributed by atoms with E-state index in [1.54, 1.807) is 0 Å². The molecule has 0 aliphatic carbocycles. The van der Waals surface area contributed by atoms with Gasteiger partial charge in [-0.05, 0) is 132 Å². The Balaban J connectivity index is 1.31. The van der Waals surface area contributed by atoms with Crippen LogP contribution < -0.4 is 30.9 Å². The standard InChI is InChI=1S/C62H67BN2O2/c1-58(2,3)38-20-26-43(27-21-38)64(44-28-22-39(23-29-44)59(4,5)6)45-36-50(56-46-18-16-17-19-52(46)66-54(56)37-45)65-49-30-24-40(60(7,8)9)32-47(49)63-48-33-41(61(10,11)12)25-31-53(48)67-55-35-42(62(13,14)15)34-51(65)57(55)63/h16-37H,1-15H3. The lowest BCUT2D eigenvalue weighted by Crippen LogP contribution is -2.60. The van der Waals surface area contributed by atoms with Gasteiger partial charge in [0.25, 0.3) is 6.71 Å². The number of benzene rings is 7. The first-order valence-corrected chi connectivity index (χ1v) is 24.3. The number of furan rings is 1. The van der Waals surface area contributed by atoms with Crippen LogP contribution in [0.5, 0.6) is 11.5 Å². The third-order valence-electron chi connectivity index (χ3n) is 14.3. The molecular formula is C62H67BN2O2. The van der Waals surface area contributed by atoms with E-state index >= 15 is 0 Å². The normalized spacial score (nSPS) is 14.0. The van der Waals surface area contributed by atoms with Crippen molar-refractivity contribution in [3.8, 4) is 11.5 Å². The van der Waals surface area contributed by atoms with Crippen molar-refractivity contribution >= 4 is 79.2 Å². The van der Waals surface area contributed by atoms with Crippen LogP contribution in [0.4, 0.5) is 34.1 Å². The minimum Gasteiger partial charge on any atom is -0.458 e. The molecule has 3 heterocycles. The van der Waals surface area contributed by atoms with E-state index < -0.39 is 0 Å². The Morgan fingerprint density at radius 3 is 1.49 bits per heavy atom. The van der Waals surface area contributed by atoms with Crippen LogP contribution >= 0.6 is 0 Å². The average molecular weight is 883 g/mol. The molecule has 0 saturated heterocycles. The zero-order valence-corrected chi connectivity index (χ0v) is 42.5. The van der Waals surface area contributed by atoms with E-state index in [2.05, 4.69) is 247 Å². The molecule has 2 aliphatic heterocycles. The quantitative estimate of drug-likeness (QED) is 0.165. The Morgan fingerprint density at radius 1 is 0.403 bits per heavy atom. The highest BCUT2D eigenvalue weighted by Gasteiger charge is 2.44. The summed E-state index contributed by atoms with van der Waals surface area (Å²) in [5.74, 6) is 1.85. The first-order chi connectivity index (χ1) is 31.4. The Labute approximate surface area is 400 Å². The minimum absolute atomic E-state index is 0.0176. The molecule has 0 amide bonds. The van der Waals surface area contributed by atoms with E-state index in [1.807, 2.05) is 0 Å². The summed E-state index contributed by atoms with van der Waals surface area (Å²) in [6.45, 7) is 34.4. The van der Waals surface area contributed by atoms with Crippen LogP contribution in [0.2, 0.25) is 0 Å². The van der Waals surface area contributed by atoms with Gasteiger partial charge in [-0.3, -0.25) is 0 Å². The highest BCUT2D eigenvalue weighted by atomic mass is 16.5. The predicted octanol–water partition coefficient (Wildman–Crippen LogP) is 15.9. The Kier molecular flexibility index (Phi) is 10.1. The van der Waals surface area contributed by atoms with E-state index in [1.165, 1.54) is 44.2 Å². The van der Waals surface area contributed by atoms with Gasteiger partial charge in [0.2, 0.25) is 0 Å². The van der Waals surface area contributed by atoms with Crippen molar-refractivity contribution in [2.75, 3.05) is 9.80 Å². The summed E-state index contributed by atoms with van der Waals surface area (Å²) in [4.78, 5) is 4.95. The smallest absolute Gasteiger partial charge is 0.256 e. The monoisotopic (exact) mass is 883 g/mol. The van der Waals surface area contributed by atoms with E-state index in [0.717, 1.165) is 67.6 Å². The molecule has 8 aromatic rings. The highest BCUT2D eigenvalue weighted by molar-refractivity contribution is 6.99. The Hall–Kier alpha value is -6.20. The number of fused-ring (bicyclic) bond motifs is 7. The molecular weight excluding hydrogens is 816 g/mol. The van der Waals surface area contributed by atoms with E-state index in [4.69, 9.17) is 9.15 Å². The van der Waals surface area contributed by atoms with Crippen LogP contribution in [0.3, 0.4) is 0 Å². The van der Waals surface area contributed by atoms with Crippen molar-refractivity contribution in [2.45, 2.75) is 131 Å². The number of anilines is 6. The molecule has 7 aromatic carbocycles. The first kappa shape index (κ1) is 44.6. The van der Waals surface area contributed by atoms with Crippen molar-refractivity contribution in [3.63, 3.8) is 0 Å². The molecule has 0 fully saturated rings. The van der Waals surface area contributed by atoms with Gasteiger partial charge in [0.1, 0.15) is 22.7 Å². The number of nitrogens with zero attached hydrogens (tertiary/aromatic N) is 2. The van der Waals surface area contributed by atoms with Gasteiger partial charge < -0.3 is 19.0 Å². The summed E-state index contributed by atoms with van der Waals surface area (Å²) < 4.78 is 14.1. The van der Waals surface area contributed by atoms with Gasteiger partial charge in [-0.25, -0.2) is 0 Å². The lowest BCUT2D eigenvalue weighted by molar-refractivity contribution is 0.482. The molecule has 0 unspecified atom stereocenters. The van der Waals surface area contributed by atoms with Crippen LogP contribution in [0.25, 0.3) is 21.9 Å². The van der Waals surface area contributed by atoms with Gasteiger partial charge in [-0.1, -0.05) is 171 Å². The molecule has 0 atom stereocenters. The number of ether oxygens (including phenoxy) is 1. The molecule has 0 N–H and O–H groups in total. The van der Waals surface area contributed by atoms with Crippen LogP contribution in [0.15, 0.2) is 138 Å². The third-order valence-corrected chi connectivity index (χ3v) is 14.3. The lowest BCUT2D eigenvalue weighted by atomic mass is 9.33. The van der Waals surface area contributed by atoms with Crippen molar-refractivity contribution in [2.24, 2.45) is 0 Å². The summed E-state index contributed by atoms with van der Waals surface area (Å²) in [5.41, 5.74) is 18.1. The number of rotatable bonds is 4. The fourth-order valence-electron chi connectivity index (χ4n) is 10.2. The molecule has 10 rings (SSSR count). The van der Waals surface area contributed by atoms with E-state index in [0.29, 0.717) is 0 Å². The van der Waals surface area contributed by atoms with Gasteiger partial charge in [0.15, 0.2) is 0 Å². The minimum atomic E-state index is -0.155. The fourth-order valence-corrected chi connectivity index (χ4v) is 10.2. The molecule has 2 aliphatic rings. The van der Waals surface area contributed by atoms with Crippen molar-refractivity contribution in [3.05, 3.63) is 161 Å². The largest absolute Gasteiger partial charge is 0.458 e. The molecule has 1 aromatic heterocycles. The molecule has 67 heavy (non-hydrogen) atoms. The Bertz CT molecular complexity index is 3170. The van der Waals surface area contributed by atoms with E-state index in [9.17, 15) is 0 Å². The van der Waals surface area contributed by atoms with Crippen LogP contribution in [-0.4, -0.2) is 6.71 Å². The maximum absolute atomic E-state index is 7.16. The molecule has 5 heteroatoms. The van der Waals surface area contributed by atoms with Crippen molar-refractivity contribution in [1.82, 2.24) is 0 Å². The van der Waals surface area contributed by atoms with Crippen molar-refractivity contribution < 1.29 is 9.15 Å². The topological polar surface area (TPSA) is 28.9 Å². The summed E-state index contributed by atoms with van der Waals surface area (Å²) in [6, 6.07) is 50.3. The zero-order chi connectivity index (χ0) is 47.7. The van der Waals surface area contributed by atoms with Crippen LogP contribution in [0, 0.1) is 0 Å². The fraction of sp³-hybridized carbons (Fsp3) is 0.323. The van der Waals surface area contributed by atoms with Gasteiger partial charge in [-0.2, -0.15) is 0 Å². The Morgan fingerprint density at radius 2 is 0.925 bits per heavy atom. The summed E-state index contributed by atoms with van der Waals surface area (Å²) in [7, 11) is 0. The van der Waals surface area contributed by atoms with Crippen LogP contribution in [0.1, 0.15) is 132 Å². The highest BCUT2D eigenvalue weighted by Crippen LogP contribution is 2.50. The van der Waals surface area contributed by atoms with Crippen LogP contribution in [-0.2, 0) is 27.1 Å². The summed E-state index contributed by atoms with van der Waals surface area (Å²) in [6.07, 6.45) is 0. The van der Waals surface area contributed by atoms with Gasteiger partial charge in [-0.15, -0.1) is 0 Å². The molecule has 0 saturated carbocycles. The maximum Gasteiger partial charge on any atom is 0.256 e. The molecule has 340 valence electrons. The second-order valence-corrected chi connectivity index (χ2v) is 24.4. The molecule has 0 bridgehead atoms. The lowest BCUT2D eigenvalue weighted by Gasteiger charge is -2.42. The number of hydrogen-bond acceptors (Lipinski definition) is 4. The van der Waals surface area contributed by atoms with E-state index in [-0.39, 0.29) is 33.8 Å². The summed E-state index contributed by atoms with van der Waals surface area (Å²) >= 11 is 0. The number of hydrogen-bond donors (Lipinski definition) is 0. The number of para-hydroxylation sites is 1. The van der Waals surface area contributed by atoms with Gasteiger partial charge in [0.05, 0.1) is 16.8 Å². The summed E-state index contributed by atoms with van der Waals surface area (Å²) in [5, 5.41) is 2.17. The molecule has 0 radical (unpaired) electrons. The van der Waals surface area contributed by atoms with Gasteiger partial charge >= 0.3 is 0 Å². The SMILES string of the molecule is CC(C)(C)c1ccc(N(c2ccc(C(C)(C)C)cc2)c2cc(N3c4ccc(C(C)(C)C)cc4B4c5cc(C(C)(C)C)ccc5Oc5cc(C(C)(C)C)cc3c54)c3c(c2)oc2ccccc23)cc1. The average Bonchev–Trinajstić information content (AvgIpc) is 3.63. The third kappa shape index (κ3) is 7.73. The zero-order valence-electron chi connectivity index (χ0n) is 42.5.